The Labute approximate surface area is 103 Å². The molecule has 0 saturated carbocycles. The zero-order valence-corrected chi connectivity index (χ0v) is 9.04. The molecule has 0 saturated heterocycles. The van der Waals surface area contributed by atoms with Gasteiger partial charge >= 0.3 is 5.97 Å². The lowest BCUT2D eigenvalue weighted by molar-refractivity contribution is -0.519. The molecule has 19 heavy (non-hydrogen) atoms. The molecule has 0 aliphatic rings. The van der Waals surface area contributed by atoms with Crippen LogP contribution < -0.4 is 11.5 Å². The molecule has 0 aromatic rings. The zero-order valence-electron chi connectivity index (χ0n) is 9.04. The molecule has 1 atom stereocenters. The fraction of sp³-hybridized carbons (Fsp3) is 0.833. The van der Waals surface area contributed by atoms with Crippen molar-refractivity contribution in [3.8, 4) is 0 Å². The summed E-state index contributed by atoms with van der Waals surface area (Å²) in [4.78, 5) is 10.5. The SMILES string of the molecule is NC(O)(O)C(O)(O)C(O)(O)C(O)(O)[C@@](N)(O)C(=O)O. The van der Waals surface area contributed by atoms with Crippen molar-refractivity contribution in [2.45, 2.75) is 29.0 Å². The summed E-state index contributed by atoms with van der Waals surface area (Å²) in [5, 5.41) is 89.3. The predicted octanol–water partition coefficient (Wildman–Crippen LogP) is -7.64. The van der Waals surface area contributed by atoms with Gasteiger partial charge in [0.1, 0.15) is 0 Å². The van der Waals surface area contributed by atoms with Crippen molar-refractivity contribution in [3.63, 3.8) is 0 Å². The van der Waals surface area contributed by atoms with Gasteiger partial charge in [-0.25, -0.2) is 4.79 Å². The first-order valence-electron chi connectivity index (χ1n) is 4.27. The van der Waals surface area contributed by atoms with Crippen LogP contribution in [-0.2, 0) is 4.79 Å². The third-order valence-corrected chi connectivity index (χ3v) is 2.34. The van der Waals surface area contributed by atoms with Gasteiger partial charge in [-0.3, -0.25) is 11.5 Å². The van der Waals surface area contributed by atoms with Crippen LogP contribution in [0.3, 0.4) is 0 Å². The van der Waals surface area contributed by atoms with E-state index >= 15 is 0 Å². The number of aliphatic carboxylic acids is 1. The molecule has 0 bridgehead atoms. The molecule has 0 fully saturated rings. The number of aliphatic hydroxyl groups is 9. The van der Waals surface area contributed by atoms with Crippen molar-refractivity contribution in [2.24, 2.45) is 11.5 Å². The first-order valence-corrected chi connectivity index (χ1v) is 4.27. The number of rotatable bonds is 5. The minimum absolute atomic E-state index is 2.64. The van der Waals surface area contributed by atoms with Gasteiger partial charge in [-0.15, -0.1) is 0 Å². The minimum Gasteiger partial charge on any atom is -0.478 e. The second kappa shape index (κ2) is 4.27. The molecule has 13 nitrogen and oxygen atoms in total. The fourth-order valence-electron chi connectivity index (χ4n) is 0.914. The van der Waals surface area contributed by atoms with Gasteiger partial charge in [0.15, 0.2) is 0 Å². The summed E-state index contributed by atoms with van der Waals surface area (Å²) in [5.41, 5.74) is 4.52. The molecule has 0 aliphatic carbocycles. The Kier molecular flexibility index (Phi) is 4.05. The maximum Gasteiger partial charge on any atom is 0.357 e. The molecule has 114 valence electrons. The number of carboxylic acids is 1. The van der Waals surface area contributed by atoms with Crippen LogP contribution in [0.5, 0.6) is 0 Å². The zero-order chi connectivity index (χ0) is 16.1. The topological polar surface area (TPSA) is 271 Å². The maximum atomic E-state index is 10.5. The lowest BCUT2D eigenvalue weighted by Crippen LogP contribution is -2.85. The van der Waals surface area contributed by atoms with Gasteiger partial charge < -0.3 is 51.1 Å². The molecule has 0 rings (SSSR count). The molecule has 14 N–H and O–H groups in total. The Hall–Kier alpha value is -0.970. The largest absolute Gasteiger partial charge is 0.478 e. The Balaban J connectivity index is 5.99. The van der Waals surface area contributed by atoms with Gasteiger partial charge in [-0.1, -0.05) is 0 Å². The van der Waals surface area contributed by atoms with Crippen LogP contribution >= 0.6 is 0 Å². The summed E-state index contributed by atoms with van der Waals surface area (Å²) in [7, 11) is 0. The first-order chi connectivity index (χ1) is 7.94. The summed E-state index contributed by atoms with van der Waals surface area (Å²) < 4.78 is 0. The smallest absolute Gasteiger partial charge is 0.357 e. The molecule has 13 heteroatoms. The molecular formula is C6H14N2O11. The van der Waals surface area contributed by atoms with E-state index in [1.165, 1.54) is 0 Å². The van der Waals surface area contributed by atoms with Crippen LogP contribution in [0.15, 0.2) is 0 Å². The van der Waals surface area contributed by atoms with Gasteiger partial charge in [0, 0.05) is 0 Å². The van der Waals surface area contributed by atoms with Crippen LogP contribution in [0.2, 0.25) is 0 Å². The maximum absolute atomic E-state index is 10.5. The first kappa shape index (κ1) is 18.0. The third-order valence-electron chi connectivity index (χ3n) is 2.34. The quantitative estimate of drug-likeness (QED) is 0.210. The lowest BCUT2D eigenvalue weighted by atomic mass is 9.86. The van der Waals surface area contributed by atoms with Crippen molar-refractivity contribution < 1.29 is 55.9 Å². The Morgan fingerprint density at radius 2 is 1.00 bits per heavy atom. The van der Waals surface area contributed by atoms with Gasteiger partial charge in [0.2, 0.25) is 0 Å². The van der Waals surface area contributed by atoms with Crippen molar-refractivity contribution in [1.82, 2.24) is 0 Å². The Morgan fingerprint density at radius 1 is 0.684 bits per heavy atom. The van der Waals surface area contributed by atoms with E-state index in [1.807, 2.05) is 0 Å². The van der Waals surface area contributed by atoms with E-state index in [-0.39, 0.29) is 0 Å². The molecular weight excluding hydrogens is 276 g/mol. The number of hydrogen-bond donors (Lipinski definition) is 12. The highest BCUT2D eigenvalue weighted by Gasteiger charge is 2.76. The molecule has 0 aromatic carbocycles. The fourth-order valence-corrected chi connectivity index (χ4v) is 0.914. The summed E-state index contributed by atoms with van der Waals surface area (Å²) >= 11 is 0. The number of hydrogen-bond acceptors (Lipinski definition) is 12. The molecule has 0 aliphatic heterocycles. The molecule has 0 radical (unpaired) electrons. The average molecular weight is 290 g/mol. The normalized spacial score (nSPS) is 18.1. The predicted molar refractivity (Wildman–Crippen MR) is 49.6 cm³/mol. The van der Waals surface area contributed by atoms with Crippen LogP contribution in [0.1, 0.15) is 0 Å². The van der Waals surface area contributed by atoms with Crippen molar-refractivity contribution >= 4 is 5.97 Å². The van der Waals surface area contributed by atoms with Gasteiger partial charge in [0.05, 0.1) is 0 Å². The highest BCUT2D eigenvalue weighted by Crippen LogP contribution is 2.36. The Morgan fingerprint density at radius 3 is 1.21 bits per heavy atom. The van der Waals surface area contributed by atoms with E-state index in [1.54, 1.807) is 0 Å². The van der Waals surface area contributed by atoms with Crippen molar-refractivity contribution in [3.05, 3.63) is 0 Å². The summed E-state index contributed by atoms with van der Waals surface area (Å²) in [6.45, 7) is 0. The molecule has 0 spiro atoms. The number of nitrogens with two attached hydrogens (primary N) is 2. The number of carbonyl (C=O) groups is 1. The second-order valence-corrected chi connectivity index (χ2v) is 3.81. The molecule has 0 amide bonds. The highest BCUT2D eigenvalue weighted by molar-refractivity contribution is 5.78. The van der Waals surface area contributed by atoms with Crippen LogP contribution in [0.25, 0.3) is 0 Å². The third kappa shape index (κ3) is 2.29. The van der Waals surface area contributed by atoms with Crippen LogP contribution in [0, 0.1) is 0 Å². The lowest BCUT2D eigenvalue weighted by Gasteiger charge is -2.48. The van der Waals surface area contributed by atoms with Crippen LogP contribution in [-0.4, -0.2) is 86.0 Å². The molecule has 0 unspecified atom stereocenters. The molecule has 0 heterocycles. The standard InChI is InChI=1S/C6H14N2O11/c7-2(11,1(9)10)3(12,13)4(14,15)5(16,17)6(8,18)19/h11-19H,7-8H2,(H,9,10)/t2-/m0/s1. The van der Waals surface area contributed by atoms with Crippen molar-refractivity contribution in [1.29, 1.82) is 0 Å². The van der Waals surface area contributed by atoms with Gasteiger partial charge in [-0.2, -0.15) is 0 Å². The number of carboxylic acid groups (broad SMARTS) is 1. The van der Waals surface area contributed by atoms with Gasteiger partial charge in [0.25, 0.3) is 29.0 Å². The monoisotopic (exact) mass is 290 g/mol. The van der Waals surface area contributed by atoms with E-state index in [0.717, 1.165) is 0 Å². The molecule has 0 aromatic heterocycles. The van der Waals surface area contributed by atoms with E-state index < -0.39 is 35.0 Å². The van der Waals surface area contributed by atoms with E-state index in [9.17, 15) is 4.79 Å². The second-order valence-electron chi connectivity index (χ2n) is 3.81. The minimum atomic E-state index is -4.92. The van der Waals surface area contributed by atoms with E-state index in [2.05, 4.69) is 11.5 Å². The summed E-state index contributed by atoms with van der Waals surface area (Å²) in [6, 6.07) is 0. The highest BCUT2D eigenvalue weighted by atomic mass is 16.7. The van der Waals surface area contributed by atoms with Gasteiger partial charge in [-0.05, 0) is 0 Å². The van der Waals surface area contributed by atoms with E-state index in [0.29, 0.717) is 0 Å². The van der Waals surface area contributed by atoms with E-state index in [4.69, 9.17) is 51.1 Å². The average Bonchev–Trinajstić information content (AvgIpc) is 2.14. The Bertz CT molecular complexity index is 368. The van der Waals surface area contributed by atoms with Crippen molar-refractivity contribution in [2.75, 3.05) is 0 Å². The summed E-state index contributed by atoms with van der Waals surface area (Å²) in [6.07, 6.45) is 0. The van der Waals surface area contributed by atoms with Crippen LogP contribution in [0.4, 0.5) is 0 Å². The summed E-state index contributed by atoms with van der Waals surface area (Å²) in [5.74, 6) is -21.4.